The number of rotatable bonds is 4. The van der Waals surface area contributed by atoms with Gasteiger partial charge in [-0.25, -0.2) is 0 Å². The molecule has 9 heteroatoms. The Morgan fingerprint density at radius 1 is 1.29 bits per heavy atom. The molecule has 2 N–H and O–H groups in total. The van der Waals surface area contributed by atoms with E-state index in [1.54, 1.807) is 6.92 Å². The highest BCUT2D eigenvalue weighted by molar-refractivity contribution is 5.00. The van der Waals surface area contributed by atoms with Crippen molar-refractivity contribution >= 4 is 0 Å². The van der Waals surface area contributed by atoms with Gasteiger partial charge in [0.25, 0.3) is 0 Å². The van der Waals surface area contributed by atoms with Crippen LogP contribution in [-0.2, 0) is 5.92 Å². The second kappa shape index (κ2) is 4.55. The molecule has 0 aromatic carbocycles. The molecule has 17 heavy (non-hydrogen) atoms. The lowest BCUT2D eigenvalue weighted by Crippen LogP contribution is -2.34. The zero-order chi connectivity index (χ0) is 13.3. The van der Waals surface area contributed by atoms with Gasteiger partial charge >= 0.3 is 18.0 Å². The van der Waals surface area contributed by atoms with Crippen LogP contribution in [0.1, 0.15) is 37.5 Å². The molecule has 1 unspecified atom stereocenters. The minimum Gasteiger partial charge on any atom is -0.332 e. The standard InChI is InChI=1S/C8H10F5N3O/c1-2-3-4(14)5-15-6(17-16-5)7(9,10)8(11,12)13/h4H,2-3,14H2,1H3. The molecule has 0 aliphatic rings. The van der Waals surface area contributed by atoms with Crippen molar-refractivity contribution in [2.75, 3.05) is 0 Å². The van der Waals surface area contributed by atoms with Crippen molar-refractivity contribution < 1.29 is 26.5 Å². The van der Waals surface area contributed by atoms with Gasteiger partial charge in [-0.1, -0.05) is 18.5 Å². The highest BCUT2D eigenvalue weighted by Crippen LogP contribution is 2.43. The van der Waals surface area contributed by atoms with E-state index in [0.29, 0.717) is 12.8 Å². The molecular weight excluding hydrogens is 249 g/mol. The molecular formula is C8H10F5N3O. The van der Waals surface area contributed by atoms with E-state index in [1.807, 2.05) is 0 Å². The molecule has 0 aliphatic carbocycles. The number of nitrogens with two attached hydrogens (primary N) is 1. The van der Waals surface area contributed by atoms with Gasteiger partial charge in [-0.3, -0.25) is 0 Å². The van der Waals surface area contributed by atoms with Crippen LogP contribution in [0.2, 0.25) is 0 Å². The van der Waals surface area contributed by atoms with Crippen LogP contribution in [-0.4, -0.2) is 16.3 Å². The van der Waals surface area contributed by atoms with E-state index in [4.69, 9.17) is 5.73 Å². The molecule has 98 valence electrons. The number of hydrogen-bond acceptors (Lipinski definition) is 4. The summed E-state index contributed by atoms with van der Waals surface area (Å²) in [6.45, 7) is 1.77. The van der Waals surface area contributed by atoms with Crippen LogP contribution in [0.4, 0.5) is 22.0 Å². The molecule has 0 saturated carbocycles. The van der Waals surface area contributed by atoms with Gasteiger partial charge < -0.3 is 10.3 Å². The van der Waals surface area contributed by atoms with Crippen molar-refractivity contribution in [1.29, 1.82) is 0 Å². The Hall–Kier alpha value is -1.25. The summed E-state index contributed by atoms with van der Waals surface area (Å²) >= 11 is 0. The Bertz CT molecular complexity index is 375. The summed E-state index contributed by atoms with van der Waals surface area (Å²) in [5.41, 5.74) is 5.46. The van der Waals surface area contributed by atoms with Crippen molar-refractivity contribution in [3.05, 3.63) is 11.7 Å². The zero-order valence-corrected chi connectivity index (χ0v) is 8.76. The molecule has 0 spiro atoms. The fourth-order valence-corrected chi connectivity index (χ4v) is 1.07. The molecule has 0 fully saturated rings. The Balaban J connectivity index is 2.95. The third kappa shape index (κ3) is 2.71. The maximum absolute atomic E-state index is 12.8. The van der Waals surface area contributed by atoms with Crippen LogP contribution in [0, 0.1) is 0 Å². The molecule has 1 heterocycles. The van der Waals surface area contributed by atoms with Crippen LogP contribution in [0.25, 0.3) is 0 Å². The van der Waals surface area contributed by atoms with Crippen molar-refractivity contribution in [2.24, 2.45) is 5.73 Å². The summed E-state index contributed by atoms with van der Waals surface area (Å²) in [6, 6.07) is -0.818. The van der Waals surface area contributed by atoms with Crippen LogP contribution < -0.4 is 5.73 Å². The maximum Gasteiger partial charge on any atom is 0.463 e. The van der Waals surface area contributed by atoms with E-state index >= 15 is 0 Å². The quantitative estimate of drug-likeness (QED) is 0.844. The van der Waals surface area contributed by atoms with Crippen LogP contribution in [0.5, 0.6) is 0 Å². The SMILES string of the molecule is CCCC(N)c1noc(C(F)(F)C(F)(F)F)n1. The number of halogens is 5. The lowest BCUT2D eigenvalue weighted by atomic mass is 10.2. The fraction of sp³-hybridized carbons (Fsp3) is 0.750. The van der Waals surface area contributed by atoms with Crippen molar-refractivity contribution in [1.82, 2.24) is 10.1 Å². The first-order chi connectivity index (χ1) is 7.70. The van der Waals surface area contributed by atoms with E-state index in [-0.39, 0.29) is 5.82 Å². The minimum atomic E-state index is -5.77. The third-order valence-electron chi connectivity index (χ3n) is 2.00. The Morgan fingerprint density at radius 3 is 2.35 bits per heavy atom. The Morgan fingerprint density at radius 2 is 1.88 bits per heavy atom. The van der Waals surface area contributed by atoms with E-state index in [1.165, 1.54) is 0 Å². The summed E-state index contributed by atoms with van der Waals surface area (Å²) < 4.78 is 65.3. The van der Waals surface area contributed by atoms with Gasteiger partial charge in [0, 0.05) is 0 Å². The van der Waals surface area contributed by atoms with Gasteiger partial charge in [0.2, 0.25) is 0 Å². The maximum atomic E-state index is 12.8. The number of aromatic nitrogens is 2. The lowest BCUT2D eigenvalue weighted by Gasteiger charge is -2.14. The molecule has 0 amide bonds. The largest absolute Gasteiger partial charge is 0.463 e. The Labute approximate surface area is 93.0 Å². The first-order valence-corrected chi connectivity index (χ1v) is 4.74. The highest BCUT2D eigenvalue weighted by atomic mass is 19.4. The van der Waals surface area contributed by atoms with Crippen LogP contribution >= 0.6 is 0 Å². The van der Waals surface area contributed by atoms with Crippen LogP contribution in [0.3, 0.4) is 0 Å². The Kier molecular flexibility index (Phi) is 3.70. The molecule has 4 nitrogen and oxygen atoms in total. The smallest absolute Gasteiger partial charge is 0.332 e. The fourth-order valence-electron chi connectivity index (χ4n) is 1.07. The van der Waals surface area contributed by atoms with Gasteiger partial charge in [0.15, 0.2) is 5.82 Å². The summed E-state index contributed by atoms with van der Waals surface area (Å²) in [7, 11) is 0. The topological polar surface area (TPSA) is 64.9 Å². The number of nitrogens with zero attached hydrogens (tertiary/aromatic N) is 2. The normalized spacial score (nSPS) is 15.0. The second-order valence-corrected chi connectivity index (χ2v) is 3.43. The lowest BCUT2D eigenvalue weighted by molar-refractivity contribution is -0.298. The summed E-state index contributed by atoms with van der Waals surface area (Å²) in [6.07, 6.45) is -4.80. The summed E-state index contributed by atoms with van der Waals surface area (Å²) in [4.78, 5) is 2.99. The first kappa shape index (κ1) is 13.8. The molecule has 1 aromatic heterocycles. The zero-order valence-electron chi connectivity index (χ0n) is 8.76. The van der Waals surface area contributed by atoms with Crippen molar-refractivity contribution in [3.8, 4) is 0 Å². The average Bonchev–Trinajstić information content (AvgIpc) is 2.65. The van der Waals surface area contributed by atoms with Gasteiger partial charge in [-0.2, -0.15) is 26.9 Å². The minimum absolute atomic E-state index is 0.356. The second-order valence-electron chi connectivity index (χ2n) is 3.43. The molecule has 1 aromatic rings. The van der Waals surface area contributed by atoms with Crippen molar-refractivity contribution in [2.45, 2.75) is 37.9 Å². The molecule has 0 bridgehead atoms. The van der Waals surface area contributed by atoms with E-state index in [0.717, 1.165) is 0 Å². The van der Waals surface area contributed by atoms with E-state index in [2.05, 4.69) is 14.7 Å². The molecule has 1 rings (SSSR count). The molecule has 0 radical (unpaired) electrons. The van der Waals surface area contributed by atoms with E-state index < -0.39 is 24.0 Å². The summed E-state index contributed by atoms with van der Waals surface area (Å²) in [5.74, 6) is -7.30. The third-order valence-corrected chi connectivity index (χ3v) is 2.00. The predicted octanol–water partition coefficient (Wildman–Crippen LogP) is 2.52. The van der Waals surface area contributed by atoms with Gasteiger partial charge in [-0.15, -0.1) is 0 Å². The number of alkyl halides is 5. The van der Waals surface area contributed by atoms with Gasteiger partial charge in [0.1, 0.15) is 0 Å². The molecule has 0 saturated heterocycles. The van der Waals surface area contributed by atoms with Gasteiger partial charge in [0.05, 0.1) is 6.04 Å². The average molecular weight is 259 g/mol. The van der Waals surface area contributed by atoms with Crippen LogP contribution in [0.15, 0.2) is 4.52 Å². The van der Waals surface area contributed by atoms with E-state index in [9.17, 15) is 22.0 Å². The summed E-state index contributed by atoms with van der Waals surface area (Å²) in [5, 5.41) is 3.02. The monoisotopic (exact) mass is 259 g/mol. The number of hydrogen-bond donors (Lipinski definition) is 1. The van der Waals surface area contributed by atoms with Gasteiger partial charge in [-0.05, 0) is 6.42 Å². The predicted molar refractivity (Wildman–Crippen MR) is 46.1 cm³/mol. The highest BCUT2D eigenvalue weighted by Gasteiger charge is 2.63. The molecule has 1 atom stereocenters. The molecule has 0 aliphatic heterocycles. The van der Waals surface area contributed by atoms with Crippen molar-refractivity contribution in [3.63, 3.8) is 0 Å². The first-order valence-electron chi connectivity index (χ1n) is 4.74.